The SMILES string of the molecule is CCc1ccc(-c2ccc(C(=O)N[C@H](CN(O)C(=O)Nc3ccc(N4CCOCC4)cc3)[C@@H](C)O)cc2)cc1. The topological polar surface area (TPSA) is 114 Å². The first-order chi connectivity index (χ1) is 18.8. The van der Waals surface area contributed by atoms with Crippen LogP contribution < -0.4 is 15.5 Å². The Kier molecular flexibility index (Phi) is 9.54. The van der Waals surface area contributed by atoms with E-state index in [1.165, 1.54) is 12.5 Å². The van der Waals surface area contributed by atoms with Gasteiger partial charge in [-0.1, -0.05) is 43.3 Å². The van der Waals surface area contributed by atoms with Crippen LogP contribution in [-0.2, 0) is 11.2 Å². The van der Waals surface area contributed by atoms with E-state index in [-0.39, 0.29) is 6.54 Å². The molecule has 0 bridgehead atoms. The zero-order chi connectivity index (χ0) is 27.8. The van der Waals surface area contributed by atoms with Crippen molar-refractivity contribution in [2.24, 2.45) is 0 Å². The number of hydrogen-bond donors (Lipinski definition) is 4. The lowest BCUT2D eigenvalue weighted by atomic mass is 10.0. The van der Waals surface area contributed by atoms with Gasteiger partial charge in [-0.25, -0.2) is 9.86 Å². The second-order valence-corrected chi connectivity index (χ2v) is 9.61. The zero-order valence-corrected chi connectivity index (χ0v) is 22.3. The van der Waals surface area contributed by atoms with E-state index in [0.29, 0.717) is 29.5 Å². The van der Waals surface area contributed by atoms with Crippen LogP contribution in [0.25, 0.3) is 11.1 Å². The largest absolute Gasteiger partial charge is 0.391 e. The number of hydroxylamine groups is 2. The van der Waals surface area contributed by atoms with Gasteiger partial charge in [0.25, 0.3) is 5.91 Å². The van der Waals surface area contributed by atoms with Gasteiger partial charge in [0.2, 0.25) is 0 Å². The normalized spacial score (nSPS) is 14.8. The van der Waals surface area contributed by atoms with Crippen molar-refractivity contribution < 1.29 is 24.6 Å². The van der Waals surface area contributed by atoms with E-state index in [2.05, 4.69) is 46.7 Å². The van der Waals surface area contributed by atoms with Crippen molar-refractivity contribution in [2.45, 2.75) is 32.4 Å². The lowest BCUT2D eigenvalue weighted by Gasteiger charge is -2.29. The van der Waals surface area contributed by atoms with Crippen LogP contribution in [0.15, 0.2) is 72.8 Å². The Morgan fingerprint density at radius 2 is 1.54 bits per heavy atom. The maximum atomic E-state index is 12.9. The number of anilines is 2. The number of rotatable bonds is 9. The molecule has 0 unspecified atom stereocenters. The van der Waals surface area contributed by atoms with Crippen molar-refractivity contribution in [3.8, 4) is 11.1 Å². The lowest BCUT2D eigenvalue weighted by Crippen LogP contribution is -2.50. The maximum Gasteiger partial charge on any atom is 0.345 e. The number of aliphatic hydroxyl groups excluding tert-OH is 1. The maximum absolute atomic E-state index is 12.9. The van der Waals surface area contributed by atoms with Crippen molar-refractivity contribution in [1.82, 2.24) is 10.4 Å². The molecule has 9 nitrogen and oxygen atoms in total. The first kappa shape index (κ1) is 28.1. The van der Waals surface area contributed by atoms with Crippen molar-refractivity contribution >= 4 is 23.3 Å². The molecule has 0 radical (unpaired) electrons. The van der Waals surface area contributed by atoms with E-state index in [9.17, 15) is 19.9 Å². The summed E-state index contributed by atoms with van der Waals surface area (Å²) in [6, 6.07) is 21.1. The van der Waals surface area contributed by atoms with Crippen molar-refractivity contribution in [2.75, 3.05) is 43.1 Å². The van der Waals surface area contributed by atoms with E-state index in [1.807, 2.05) is 24.3 Å². The summed E-state index contributed by atoms with van der Waals surface area (Å²) >= 11 is 0. The first-order valence-electron chi connectivity index (χ1n) is 13.2. The summed E-state index contributed by atoms with van der Waals surface area (Å²) in [4.78, 5) is 27.6. The quantitative estimate of drug-likeness (QED) is 0.243. The molecule has 3 amide bonds. The minimum Gasteiger partial charge on any atom is -0.391 e. The van der Waals surface area contributed by atoms with Crippen LogP contribution >= 0.6 is 0 Å². The second-order valence-electron chi connectivity index (χ2n) is 9.61. The molecule has 0 spiro atoms. The first-order valence-corrected chi connectivity index (χ1v) is 13.2. The third-order valence-electron chi connectivity index (χ3n) is 6.84. The number of nitrogens with one attached hydrogen (secondary N) is 2. The number of carbonyl (C=O) groups is 2. The summed E-state index contributed by atoms with van der Waals surface area (Å²) in [7, 11) is 0. The van der Waals surface area contributed by atoms with E-state index in [1.54, 1.807) is 24.3 Å². The fourth-order valence-corrected chi connectivity index (χ4v) is 4.35. The summed E-state index contributed by atoms with van der Waals surface area (Å²) < 4.78 is 5.37. The van der Waals surface area contributed by atoms with Crippen molar-refractivity contribution in [3.63, 3.8) is 0 Å². The van der Waals surface area contributed by atoms with Crippen LogP contribution in [-0.4, -0.2) is 72.3 Å². The predicted molar refractivity (Wildman–Crippen MR) is 151 cm³/mol. The molecule has 206 valence electrons. The van der Waals surface area contributed by atoms with Gasteiger partial charge in [-0.3, -0.25) is 10.0 Å². The fourth-order valence-electron chi connectivity index (χ4n) is 4.35. The molecule has 1 aliphatic rings. The second kappa shape index (κ2) is 13.2. The molecule has 0 aromatic heterocycles. The molecular formula is C30H36N4O5. The molecule has 3 aromatic carbocycles. The molecule has 2 atom stereocenters. The molecule has 1 saturated heterocycles. The Hall–Kier alpha value is -3.92. The highest BCUT2D eigenvalue weighted by atomic mass is 16.5. The summed E-state index contributed by atoms with van der Waals surface area (Å²) in [5, 5.41) is 26.4. The van der Waals surface area contributed by atoms with Gasteiger partial charge in [-0.15, -0.1) is 0 Å². The fraction of sp³-hybridized carbons (Fsp3) is 0.333. The van der Waals surface area contributed by atoms with Gasteiger partial charge < -0.3 is 25.4 Å². The van der Waals surface area contributed by atoms with Crippen LogP contribution in [0, 0.1) is 0 Å². The van der Waals surface area contributed by atoms with E-state index in [0.717, 1.165) is 36.3 Å². The third-order valence-corrected chi connectivity index (χ3v) is 6.84. The van der Waals surface area contributed by atoms with Gasteiger partial charge in [0, 0.05) is 30.0 Å². The third kappa shape index (κ3) is 7.57. The van der Waals surface area contributed by atoms with Crippen LogP contribution in [0.4, 0.5) is 16.2 Å². The van der Waals surface area contributed by atoms with E-state index in [4.69, 9.17) is 4.74 Å². The molecule has 9 heteroatoms. The number of carbonyl (C=O) groups excluding carboxylic acids is 2. The number of hydrogen-bond acceptors (Lipinski definition) is 6. The van der Waals surface area contributed by atoms with E-state index >= 15 is 0 Å². The number of aliphatic hydroxyl groups is 1. The number of amides is 3. The Morgan fingerprint density at radius 1 is 0.949 bits per heavy atom. The zero-order valence-electron chi connectivity index (χ0n) is 22.3. The predicted octanol–water partition coefficient (Wildman–Crippen LogP) is 4.16. The number of nitrogens with zero attached hydrogens (tertiary/aromatic N) is 2. The lowest BCUT2D eigenvalue weighted by molar-refractivity contribution is -0.0526. The van der Waals surface area contributed by atoms with Gasteiger partial charge in [0.15, 0.2) is 0 Å². The Labute approximate surface area is 229 Å². The van der Waals surface area contributed by atoms with Crippen LogP contribution in [0.3, 0.4) is 0 Å². The highest BCUT2D eigenvalue weighted by molar-refractivity contribution is 5.95. The van der Waals surface area contributed by atoms with Gasteiger partial charge in [0.1, 0.15) is 0 Å². The number of urea groups is 1. The van der Waals surface area contributed by atoms with Crippen molar-refractivity contribution in [1.29, 1.82) is 0 Å². The summed E-state index contributed by atoms with van der Waals surface area (Å²) in [6.45, 7) is 6.26. The molecular weight excluding hydrogens is 496 g/mol. The Morgan fingerprint density at radius 3 is 2.10 bits per heavy atom. The van der Waals surface area contributed by atoms with Gasteiger partial charge >= 0.3 is 6.03 Å². The van der Waals surface area contributed by atoms with Crippen LogP contribution in [0.5, 0.6) is 0 Å². The van der Waals surface area contributed by atoms with Crippen molar-refractivity contribution in [3.05, 3.63) is 83.9 Å². The molecule has 1 heterocycles. The molecule has 0 saturated carbocycles. The van der Waals surface area contributed by atoms with Crippen LogP contribution in [0.2, 0.25) is 0 Å². The van der Waals surface area contributed by atoms with Gasteiger partial charge in [0.05, 0.1) is 31.9 Å². The number of aryl methyl sites for hydroxylation is 1. The standard InChI is InChI=1S/C30H36N4O5/c1-3-22-4-6-23(7-5-22)24-8-10-25(11-9-24)29(36)32-28(21(2)35)20-34(38)30(37)31-26-12-14-27(15-13-26)33-16-18-39-19-17-33/h4-15,21,28,35,38H,3,16-20H2,1-2H3,(H,31,37)(H,32,36)/t21-,28-/m1/s1. The molecule has 4 N–H and O–H groups in total. The summed E-state index contributed by atoms with van der Waals surface area (Å²) in [5.41, 5.74) is 5.24. The smallest absolute Gasteiger partial charge is 0.345 e. The molecule has 1 fully saturated rings. The Bertz CT molecular complexity index is 1220. The molecule has 39 heavy (non-hydrogen) atoms. The molecule has 1 aliphatic heterocycles. The highest BCUT2D eigenvalue weighted by Crippen LogP contribution is 2.21. The van der Waals surface area contributed by atoms with Gasteiger partial charge in [-0.05, 0) is 66.4 Å². The highest BCUT2D eigenvalue weighted by Gasteiger charge is 2.24. The number of benzene rings is 3. The average Bonchev–Trinajstić information content (AvgIpc) is 2.97. The number of morpholine rings is 1. The summed E-state index contributed by atoms with van der Waals surface area (Å²) in [5.74, 6) is -0.415. The molecule has 3 aromatic rings. The van der Waals surface area contributed by atoms with E-state index < -0.39 is 24.1 Å². The average molecular weight is 533 g/mol. The molecule has 4 rings (SSSR count). The molecule has 0 aliphatic carbocycles. The minimum atomic E-state index is -1.01. The van der Waals surface area contributed by atoms with Crippen LogP contribution in [0.1, 0.15) is 29.8 Å². The Balaban J connectivity index is 1.32. The summed E-state index contributed by atoms with van der Waals surface area (Å²) in [6.07, 6.45) is -0.0419. The monoisotopic (exact) mass is 532 g/mol. The van der Waals surface area contributed by atoms with Gasteiger partial charge in [-0.2, -0.15) is 0 Å². The minimum absolute atomic E-state index is 0.303. The number of ether oxygens (including phenoxy) is 1.